The summed E-state index contributed by atoms with van der Waals surface area (Å²) in [6, 6.07) is 5.57. The SMILES string of the molecule is COc1cccc(COC2CCC(C(=O)O)CC2)n1. The van der Waals surface area contributed by atoms with Crippen molar-refractivity contribution in [1.82, 2.24) is 4.98 Å². The average Bonchev–Trinajstić information content (AvgIpc) is 2.46. The van der Waals surface area contributed by atoms with Crippen LogP contribution in [0.1, 0.15) is 31.4 Å². The summed E-state index contributed by atoms with van der Waals surface area (Å²) in [5, 5.41) is 8.93. The number of hydrogen-bond acceptors (Lipinski definition) is 4. The van der Waals surface area contributed by atoms with Crippen molar-refractivity contribution in [3.05, 3.63) is 23.9 Å². The Kier molecular flexibility index (Phi) is 4.74. The normalized spacial score (nSPS) is 23.0. The zero-order chi connectivity index (χ0) is 13.7. The number of methoxy groups -OCH3 is 1. The molecule has 1 heterocycles. The lowest BCUT2D eigenvalue weighted by atomic mass is 9.87. The molecule has 5 heteroatoms. The molecule has 1 fully saturated rings. The van der Waals surface area contributed by atoms with E-state index in [9.17, 15) is 4.79 Å². The first kappa shape index (κ1) is 13.8. The fourth-order valence-electron chi connectivity index (χ4n) is 2.33. The molecule has 0 atom stereocenters. The molecule has 0 saturated heterocycles. The molecule has 0 aromatic carbocycles. The highest BCUT2D eigenvalue weighted by molar-refractivity contribution is 5.70. The summed E-state index contributed by atoms with van der Waals surface area (Å²) in [5.41, 5.74) is 0.833. The maximum atomic E-state index is 10.8. The third-order valence-electron chi connectivity index (χ3n) is 3.48. The van der Waals surface area contributed by atoms with Gasteiger partial charge in [-0.25, -0.2) is 4.98 Å². The van der Waals surface area contributed by atoms with Gasteiger partial charge in [-0.2, -0.15) is 0 Å². The van der Waals surface area contributed by atoms with Crippen LogP contribution in [0, 0.1) is 5.92 Å². The van der Waals surface area contributed by atoms with E-state index >= 15 is 0 Å². The van der Waals surface area contributed by atoms with Gasteiger partial charge >= 0.3 is 5.97 Å². The van der Waals surface area contributed by atoms with E-state index in [-0.39, 0.29) is 12.0 Å². The Bertz CT molecular complexity index is 427. The molecule has 1 N–H and O–H groups in total. The number of hydrogen-bond donors (Lipinski definition) is 1. The van der Waals surface area contributed by atoms with E-state index < -0.39 is 5.97 Å². The highest BCUT2D eigenvalue weighted by Crippen LogP contribution is 2.26. The van der Waals surface area contributed by atoms with E-state index in [2.05, 4.69) is 4.98 Å². The Morgan fingerprint density at radius 2 is 2.11 bits per heavy atom. The number of aromatic nitrogens is 1. The summed E-state index contributed by atoms with van der Waals surface area (Å²) in [6.07, 6.45) is 3.16. The smallest absolute Gasteiger partial charge is 0.306 e. The first-order valence-corrected chi connectivity index (χ1v) is 6.53. The second kappa shape index (κ2) is 6.52. The minimum Gasteiger partial charge on any atom is -0.481 e. The summed E-state index contributed by atoms with van der Waals surface area (Å²) < 4.78 is 10.8. The predicted molar refractivity (Wildman–Crippen MR) is 69.0 cm³/mol. The molecular formula is C14H19NO4. The minimum atomic E-state index is -0.687. The van der Waals surface area contributed by atoms with Crippen molar-refractivity contribution in [3.8, 4) is 5.88 Å². The van der Waals surface area contributed by atoms with Gasteiger partial charge in [0.15, 0.2) is 0 Å². The summed E-state index contributed by atoms with van der Waals surface area (Å²) in [4.78, 5) is 15.1. The predicted octanol–water partition coefficient (Wildman–Crippen LogP) is 2.25. The van der Waals surface area contributed by atoms with Gasteiger partial charge in [0.2, 0.25) is 5.88 Å². The minimum absolute atomic E-state index is 0.142. The lowest BCUT2D eigenvalue weighted by Gasteiger charge is -2.26. The van der Waals surface area contributed by atoms with Crippen molar-refractivity contribution in [1.29, 1.82) is 0 Å². The van der Waals surface area contributed by atoms with Gasteiger partial charge in [-0.15, -0.1) is 0 Å². The van der Waals surface area contributed by atoms with Crippen molar-refractivity contribution in [2.75, 3.05) is 7.11 Å². The summed E-state index contributed by atoms with van der Waals surface area (Å²) in [5.74, 6) is -0.307. The monoisotopic (exact) mass is 265 g/mol. The van der Waals surface area contributed by atoms with Crippen LogP contribution >= 0.6 is 0 Å². The van der Waals surface area contributed by atoms with Gasteiger partial charge in [-0.3, -0.25) is 4.79 Å². The number of aliphatic carboxylic acids is 1. The van der Waals surface area contributed by atoms with Crippen LogP contribution in [0.25, 0.3) is 0 Å². The number of pyridine rings is 1. The van der Waals surface area contributed by atoms with Gasteiger partial charge in [0, 0.05) is 6.07 Å². The van der Waals surface area contributed by atoms with Gasteiger partial charge in [-0.05, 0) is 31.7 Å². The number of carbonyl (C=O) groups is 1. The van der Waals surface area contributed by atoms with E-state index in [1.54, 1.807) is 13.2 Å². The number of ether oxygens (including phenoxy) is 2. The second-order valence-electron chi connectivity index (χ2n) is 4.79. The molecule has 0 bridgehead atoms. The van der Waals surface area contributed by atoms with E-state index in [0.717, 1.165) is 18.5 Å². The molecule has 104 valence electrons. The standard InChI is InChI=1S/C14H19NO4/c1-18-13-4-2-3-11(15-13)9-19-12-7-5-10(6-8-12)14(16)17/h2-4,10,12H,5-9H2,1H3,(H,16,17). The van der Waals surface area contributed by atoms with Crippen LogP contribution in [0.15, 0.2) is 18.2 Å². The summed E-state index contributed by atoms with van der Waals surface area (Å²) in [6.45, 7) is 0.444. The van der Waals surface area contributed by atoms with Crippen LogP contribution in [0.3, 0.4) is 0 Å². The number of rotatable bonds is 5. The van der Waals surface area contributed by atoms with E-state index in [1.807, 2.05) is 12.1 Å². The lowest BCUT2D eigenvalue weighted by molar-refractivity contribution is -0.143. The zero-order valence-corrected chi connectivity index (χ0v) is 11.0. The molecule has 0 spiro atoms. The Balaban J connectivity index is 1.78. The van der Waals surface area contributed by atoms with Crippen LogP contribution in [-0.4, -0.2) is 29.3 Å². The van der Waals surface area contributed by atoms with E-state index in [1.165, 1.54) is 0 Å². The number of carboxylic acid groups (broad SMARTS) is 1. The molecule has 1 aromatic rings. The fraction of sp³-hybridized carbons (Fsp3) is 0.571. The molecule has 1 aliphatic carbocycles. The Morgan fingerprint density at radius 3 is 2.74 bits per heavy atom. The third kappa shape index (κ3) is 3.92. The van der Waals surface area contributed by atoms with Gasteiger partial charge in [0.05, 0.1) is 31.4 Å². The van der Waals surface area contributed by atoms with Gasteiger partial charge in [0.25, 0.3) is 0 Å². The lowest BCUT2D eigenvalue weighted by Crippen LogP contribution is -2.26. The fourth-order valence-corrected chi connectivity index (χ4v) is 2.33. The Hall–Kier alpha value is -1.62. The van der Waals surface area contributed by atoms with Crippen molar-refractivity contribution in [3.63, 3.8) is 0 Å². The van der Waals surface area contributed by atoms with Crippen molar-refractivity contribution in [2.24, 2.45) is 5.92 Å². The second-order valence-corrected chi connectivity index (χ2v) is 4.79. The van der Waals surface area contributed by atoms with E-state index in [4.69, 9.17) is 14.6 Å². The molecule has 0 radical (unpaired) electrons. The van der Waals surface area contributed by atoms with Gasteiger partial charge < -0.3 is 14.6 Å². The molecule has 2 rings (SSSR count). The molecule has 1 aliphatic rings. The Morgan fingerprint density at radius 1 is 1.37 bits per heavy atom. The molecule has 19 heavy (non-hydrogen) atoms. The summed E-state index contributed by atoms with van der Waals surface area (Å²) >= 11 is 0. The molecular weight excluding hydrogens is 246 g/mol. The number of carboxylic acids is 1. The first-order valence-electron chi connectivity index (χ1n) is 6.53. The van der Waals surface area contributed by atoms with E-state index in [0.29, 0.717) is 25.3 Å². The van der Waals surface area contributed by atoms with Crippen LogP contribution in [0.5, 0.6) is 5.88 Å². The summed E-state index contributed by atoms with van der Waals surface area (Å²) in [7, 11) is 1.58. The average molecular weight is 265 g/mol. The molecule has 0 unspecified atom stereocenters. The molecule has 0 amide bonds. The maximum absolute atomic E-state index is 10.8. The van der Waals surface area contributed by atoms with Gasteiger partial charge in [0.1, 0.15) is 0 Å². The highest BCUT2D eigenvalue weighted by atomic mass is 16.5. The zero-order valence-electron chi connectivity index (χ0n) is 11.0. The molecule has 5 nitrogen and oxygen atoms in total. The Labute approximate surface area is 112 Å². The topological polar surface area (TPSA) is 68.7 Å². The van der Waals surface area contributed by atoms with Crippen LogP contribution < -0.4 is 4.74 Å². The van der Waals surface area contributed by atoms with Gasteiger partial charge in [-0.1, -0.05) is 6.07 Å². The van der Waals surface area contributed by atoms with Crippen LogP contribution in [-0.2, 0) is 16.1 Å². The van der Waals surface area contributed by atoms with Crippen molar-refractivity contribution < 1.29 is 19.4 Å². The van der Waals surface area contributed by atoms with Crippen molar-refractivity contribution in [2.45, 2.75) is 38.4 Å². The first-order chi connectivity index (χ1) is 9.19. The van der Waals surface area contributed by atoms with Crippen LogP contribution in [0.4, 0.5) is 0 Å². The highest BCUT2D eigenvalue weighted by Gasteiger charge is 2.26. The number of nitrogens with zero attached hydrogens (tertiary/aromatic N) is 1. The maximum Gasteiger partial charge on any atom is 0.306 e. The largest absolute Gasteiger partial charge is 0.481 e. The molecule has 0 aliphatic heterocycles. The molecule has 1 aromatic heterocycles. The quantitative estimate of drug-likeness (QED) is 0.884. The third-order valence-corrected chi connectivity index (χ3v) is 3.48. The molecule has 1 saturated carbocycles. The van der Waals surface area contributed by atoms with Crippen molar-refractivity contribution >= 4 is 5.97 Å². The van der Waals surface area contributed by atoms with Crippen LogP contribution in [0.2, 0.25) is 0 Å².